The van der Waals surface area contributed by atoms with Crippen LogP contribution in [0.2, 0.25) is 0 Å². The van der Waals surface area contributed by atoms with Crippen LogP contribution in [0.1, 0.15) is 27.2 Å². The fourth-order valence-electron chi connectivity index (χ4n) is 3.06. The van der Waals surface area contributed by atoms with Crippen molar-refractivity contribution in [3.63, 3.8) is 0 Å². The number of aromatic amines is 1. The van der Waals surface area contributed by atoms with E-state index in [0.29, 0.717) is 5.56 Å². The summed E-state index contributed by atoms with van der Waals surface area (Å²) in [6.07, 6.45) is 0. The van der Waals surface area contributed by atoms with Crippen molar-refractivity contribution in [2.24, 2.45) is 0 Å². The van der Waals surface area contributed by atoms with Crippen molar-refractivity contribution in [1.82, 2.24) is 9.88 Å². The number of H-pyrrole nitrogens is 1. The first kappa shape index (κ1) is 19.2. The van der Waals surface area contributed by atoms with E-state index < -0.39 is 0 Å². The topological polar surface area (TPSA) is 65.2 Å². The molecule has 2 aromatic carbocycles. The molecule has 0 fully saturated rings. The van der Waals surface area contributed by atoms with Crippen LogP contribution in [0.25, 0.3) is 10.9 Å². The SMILES string of the molecule is Cc1cc(Br)ccc1NC(=O)CN(C)C(=O)c1ccc2[nH]c(C)c(C)c2c1. The fourth-order valence-corrected chi connectivity index (χ4v) is 3.53. The number of aromatic nitrogens is 1. The molecular weight excluding hydrogens is 406 g/mol. The van der Waals surface area contributed by atoms with Crippen LogP contribution in [-0.4, -0.2) is 35.3 Å². The Labute approximate surface area is 166 Å². The molecular formula is C21H22BrN3O2. The molecule has 0 aliphatic carbocycles. The monoisotopic (exact) mass is 427 g/mol. The minimum atomic E-state index is -0.231. The molecule has 2 N–H and O–H groups in total. The molecule has 27 heavy (non-hydrogen) atoms. The van der Waals surface area contributed by atoms with Crippen molar-refractivity contribution in [2.75, 3.05) is 18.9 Å². The van der Waals surface area contributed by atoms with Crippen LogP contribution < -0.4 is 5.32 Å². The van der Waals surface area contributed by atoms with E-state index in [1.54, 1.807) is 13.1 Å². The van der Waals surface area contributed by atoms with Gasteiger partial charge < -0.3 is 15.2 Å². The molecule has 0 aliphatic heterocycles. The average molecular weight is 428 g/mol. The number of fused-ring (bicyclic) bond motifs is 1. The van der Waals surface area contributed by atoms with Gasteiger partial charge in [0.2, 0.25) is 5.91 Å². The zero-order valence-electron chi connectivity index (χ0n) is 15.8. The third-order valence-electron chi connectivity index (χ3n) is 4.75. The number of halogens is 1. The number of nitrogens with zero attached hydrogens (tertiary/aromatic N) is 1. The minimum absolute atomic E-state index is 0.0163. The predicted molar refractivity (Wildman–Crippen MR) is 112 cm³/mol. The Kier molecular flexibility index (Phi) is 5.37. The summed E-state index contributed by atoms with van der Waals surface area (Å²) in [5.41, 5.74) is 5.49. The maximum absolute atomic E-state index is 12.7. The van der Waals surface area contributed by atoms with Gasteiger partial charge in [-0.2, -0.15) is 0 Å². The molecule has 0 atom stereocenters. The number of aryl methyl sites for hydroxylation is 3. The van der Waals surface area contributed by atoms with Gasteiger partial charge in [0.05, 0.1) is 6.54 Å². The molecule has 0 radical (unpaired) electrons. The largest absolute Gasteiger partial charge is 0.358 e. The highest BCUT2D eigenvalue weighted by Gasteiger charge is 2.17. The Hall–Kier alpha value is -2.60. The fraction of sp³-hybridized carbons (Fsp3) is 0.238. The summed E-state index contributed by atoms with van der Waals surface area (Å²) in [5, 5.41) is 3.89. The first-order chi connectivity index (χ1) is 12.8. The van der Waals surface area contributed by atoms with Crippen molar-refractivity contribution in [3.05, 3.63) is 63.3 Å². The lowest BCUT2D eigenvalue weighted by Gasteiger charge is -2.17. The van der Waals surface area contributed by atoms with E-state index in [9.17, 15) is 9.59 Å². The summed E-state index contributed by atoms with van der Waals surface area (Å²) in [5.74, 6) is -0.413. The van der Waals surface area contributed by atoms with Gasteiger partial charge in [-0.3, -0.25) is 9.59 Å². The van der Waals surface area contributed by atoms with Crippen LogP contribution in [0.5, 0.6) is 0 Å². The molecule has 0 saturated carbocycles. The van der Waals surface area contributed by atoms with E-state index in [0.717, 1.165) is 37.9 Å². The van der Waals surface area contributed by atoms with Gasteiger partial charge in [-0.15, -0.1) is 0 Å². The number of anilines is 1. The van der Waals surface area contributed by atoms with Crippen molar-refractivity contribution in [2.45, 2.75) is 20.8 Å². The summed E-state index contributed by atoms with van der Waals surface area (Å²) < 4.78 is 0.955. The van der Waals surface area contributed by atoms with Crippen molar-refractivity contribution in [1.29, 1.82) is 0 Å². The standard InChI is InChI=1S/C21H22BrN3O2/c1-12-9-16(22)6-8-18(12)24-20(26)11-25(4)21(27)15-5-7-19-17(10-15)13(2)14(3)23-19/h5-10,23H,11H2,1-4H3,(H,24,26). The lowest BCUT2D eigenvalue weighted by Crippen LogP contribution is -2.35. The number of likely N-dealkylation sites (N-methyl/N-ethyl adjacent to an activating group) is 1. The van der Waals surface area contributed by atoms with Crippen molar-refractivity contribution in [3.8, 4) is 0 Å². The Morgan fingerprint density at radius 2 is 1.85 bits per heavy atom. The number of carbonyl (C=O) groups excluding carboxylic acids is 2. The van der Waals surface area contributed by atoms with Crippen LogP contribution in [-0.2, 0) is 4.79 Å². The third kappa shape index (κ3) is 4.06. The van der Waals surface area contributed by atoms with E-state index >= 15 is 0 Å². The molecule has 3 rings (SSSR count). The van der Waals surface area contributed by atoms with Crippen LogP contribution in [0.4, 0.5) is 5.69 Å². The molecule has 0 bridgehead atoms. The molecule has 0 saturated heterocycles. The summed E-state index contributed by atoms with van der Waals surface area (Å²) in [7, 11) is 1.63. The summed E-state index contributed by atoms with van der Waals surface area (Å²) in [6, 6.07) is 11.2. The van der Waals surface area contributed by atoms with Gasteiger partial charge in [0.15, 0.2) is 0 Å². The number of amides is 2. The van der Waals surface area contributed by atoms with E-state index in [1.165, 1.54) is 4.90 Å². The predicted octanol–water partition coefficient (Wildman–Crippen LogP) is 4.57. The van der Waals surface area contributed by atoms with Gasteiger partial charge in [-0.1, -0.05) is 15.9 Å². The second kappa shape index (κ2) is 7.56. The lowest BCUT2D eigenvalue weighted by molar-refractivity contribution is -0.116. The lowest BCUT2D eigenvalue weighted by atomic mass is 10.1. The molecule has 6 heteroatoms. The molecule has 5 nitrogen and oxygen atoms in total. The third-order valence-corrected chi connectivity index (χ3v) is 5.24. The number of hydrogen-bond acceptors (Lipinski definition) is 2. The van der Waals surface area contributed by atoms with Crippen LogP contribution in [0, 0.1) is 20.8 Å². The average Bonchev–Trinajstić information content (AvgIpc) is 2.90. The van der Waals surface area contributed by atoms with Gasteiger partial charge >= 0.3 is 0 Å². The van der Waals surface area contributed by atoms with Gasteiger partial charge in [0, 0.05) is 39.4 Å². The smallest absolute Gasteiger partial charge is 0.254 e. The van der Waals surface area contributed by atoms with Gasteiger partial charge in [-0.05, 0) is 68.3 Å². The Bertz CT molecular complexity index is 1040. The van der Waals surface area contributed by atoms with Gasteiger partial charge in [-0.25, -0.2) is 0 Å². The zero-order chi connectivity index (χ0) is 19.7. The minimum Gasteiger partial charge on any atom is -0.358 e. The molecule has 2 amide bonds. The molecule has 140 valence electrons. The molecule has 1 aromatic heterocycles. The molecule has 1 heterocycles. The summed E-state index contributed by atoms with van der Waals surface area (Å²) >= 11 is 3.40. The molecule has 0 unspecified atom stereocenters. The van der Waals surface area contributed by atoms with Crippen molar-refractivity contribution < 1.29 is 9.59 Å². The summed E-state index contributed by atoms with van der Waals surface area (Å²) in [4.78, 5) is 29.8. The summed E-state index contributed by atoms with van der Waals surface area (Å²) in [6.45, 7) is 5.95. The zero-order valence-corrected chi connectivity index (χ0v) is 17.4. The van der Waals surface area contributed by atoms with E-state index in [2.05, 4.69) is 26.2 Å². The Balaban J connectivity index is 1.71. The quantitative estimate of drug-likeness (QED) is 0.640. The van der Waals surface area contributed by atoms with Gasteiger partial charge in [0.25, 0.3) is 5.91 Å². The number of hydrogen-bond donors (Lipinski definition) is 2. The second-order valence-corrected chi connectivity index (χ2v) is 7.72. The molecule has 3 aromatic rings. The highest BCUT2D eigenvalue weighted by atomic mass is 79.9. The van der Waals surface area contributed by atoms with E-state index in [4.69, 9.17) is 0 Å². The number of rotatable bonds is 4. The number of benzene rings is 2. The Morgan fingerprint density at radius 1 is 1.11 bits per heavy atom. The Morgan fingerprint density at radius 3 is 2.56 bits per heavy atom. The number of nitrogens with one attached hydrogen (secondary N) is 2. The molecule has 0 aliphatic rings. The molecule has 0 spiro atoms. The van der Waals surface area contributed by atoms with Crippen LogP contribution in [0.3, 0.4) is 0 Å². The van der Waals surface area contributed by atoms with Crippen molar-refractivity contribution >= 4 is 44.3 Å². The highest BCUT2D eigenvalue weighted by Crippen LogP contribution is 2.23. The maximum Gasteiger partial charge on any atom is 0.254 e. The van der Waals surface area contributed by atoms with Crippen LogP contribution in [0.15, 0.2) is 40.9 Å². The number of carbonyl (C=O) groups is 2. The van der Waals surface area contributed by atoms with E-state index in [-0.39, 0.29) is 18.4 Å². The first-order valence-electron chi connectivity index (χ1n) is 8.66. The van der Waals surface area contributed by atoms with E-state index in [1.807, 2.05) is 51.1 Å². The van der Waals surface area contributed by atoms with Crippen LogP contribution >= 0.6 is 15.9 Å². The second-order valence-electron chi connectivity index (χ2n) is 6.80. The maximum atomic E-state index is 12.7. The first-order valence-corrected chi connectivity index (χ1v) is 9.46. The van der Waals surface area contributed by atoms with Gasteiger partial charge in [0.1, 0.15) is 0 Å². The highest BCUT2D eigenvalue weighted by molar-refractivity contribution is 9.10. The normalized spacial score (nSPS) is 10.9.